The number of carbonyl (C=O) groups excluding carboxylic acids is 2. The van der Waals surface area contributed by atoms with Crippen LogP contribution in [0.2, 0.25) is 0 Å². The molecule has 0 aliphatic carbocycles. The third-order valence-corrected chi connectivity index (χ3v) is 5.36. The largest absolute Gasteiger partial charge is 0.454 e. The predicted octanol–water partition coefficient (Wildman–Crippen LogP) is 2.99. The maximum absolute atomic E-state index is 12.9. The highest BCUT2D eigenvalue weighted by Crippen LogP contribution is 2.33. The normalized spacial score (nSPS) is 17.9. The van der Waals surface area contributed by atoms with Crippen LogP contribution < -0.4 is 14.4 Å². The summed E-state index contributed by atoms with van der Waals surface area (Å²) < 4.78 is 10.7. The lowest BCUT2D eigenvalue weighted by molar-refractivity contribution is -0.135. The molecule has 0 aromatic heterocycles. The van der Waals surface area contributed by atoms with Crippen molar-refractivity contribution in [2.45, 2.75) is 26.3 Å². The Hall–Kier alpha value is -3.02. The van der Waals surface area contributed by atoms with Gasteiger partial charge in [0.05, 0.1) is 5.92 Å². The van der Waals surface area contributed by atoms with Gasteiger partial charge in [0.1, 0.15) is 0 Å². The summed E-state index contributed by atoms with van der Waals surface area (Å²) in [6, 6.07) is 13.7. The maximum Gasteiger partial charge on any atom is 0.231 e. The number of amides is 2. The molecule has 2 aliphatic rings. The highest BCUT2D eigenvalue weighted by molar-refractivity contribution is 6.00. The van der Waals surface area contributed by atoms with E-state index < -0.39 is 0 Å². The van der Waals surface area contributed by atoms with Crippen molar-refractivity contribution in [3.63, 3.8) is 0 Å². The highest BCUT2D eigenvalue weighted by Gasteiger charge is 2.36. The Morgan fingerprint density at radius 3 is 2.57 bits per heavy atom. The lowest BCUT2D eigenvalue weighted by atomic mass is 10.1. The van der Waals surface area contributed by atoms with Crippen LogP contribution in [0.4, 0.5) is 5.69 Å². The van der Waals surface area contributed by atoms with E-state index in [0.29, 0.717) is 18.8 Å². The van der Waals surface area contributed by atoms with Crippen LogP contribution in [-0.4, -0.2) is 37.1 Å². The molecule has 4 rings (SSSR count). The molecule has 2 aromatic rings. The Labute approximate surface area is 164 Å². The SMILES string of the molecule is CCc1ccc(N2CC(C(=O)N(C)Cc3ccc4c(c3)OCO4)CC2=O)cc1. The van der Waals surface area contributed by atoms with Gasteiger partial charge in [-0.05, 0) is 41.8 Å². The van der Waals surface area contributed by atoms with Gasteiger partial charge >= 0.3 is 0 Å². The molecule has 1 unspecified atom stereocenters. The summed E-state index contributed by atoms with van der Waals surface area (Å²) in [5.41, 5.74) is 3.05. The van der Waals surface area contributed by atoms with Crippen molar-refractivity contribution >= 4 is 17.5 Å². The molecule has 1 saturated heterocycles. The number of benzene rings is 2. The minimum Gasteiger partial charge on any atom is -0.454 e. The van der Waals surface area contributed by atoms with E-state index in [1.807, 2.05) is 42.5 Å². The fraction of sp³-hybridized carbons (Fsp3) is 0.364. The van der Waals surface area contributed by atoms with Crippen LogP contribution >= 0.6 is 0 Å². The van der Waals surface area contributed by atoms with Crippen molar-refractivity contribution < 1.29 is 19.1 Å². The first-order valence-electron chi connectivity index (χ1n) is 9.58. The van der Waals surface area contributed by atoms with Crippen LogP contribution in [0.15, 0.2) is 42.5 Å². The zero-order valence-corrected chi connectivity index (χ0v) is 16.2. The van der Waals surface area contributed by atoms with Crippen molar-refractivity contribution in [2.75, 3.05) is 25.3 Å². The van der Waals surface area contributed by atoms with E-state index in [1.54, 1.807) is 16.8 Å². The van der Waals surface area contributed by atoms with Gasteiger partial charge in [-0.3, -0.25) is 9.59 Å². The smallest absolute Gasteiger partial charge is 0.231 e. The lowest BCUT2D eigenvalue weighted by Gasteiger charge is -2.22. The third-order valence-electron chi connectivity index (χ3n) is 5.36. The summed E-state index contributed by atoms with van der Waals surface area (Å²) in [4.78, 5) is 28.8. The van der Waals surface area contributed by atoms with Crippen molar-refractivity contribution in [3.8, 4) is 11.5 Å². The molecule has 0 spiro atoms. The highest BCUT2D eigenvalue weighted by atomic mass is 16.7. The summed E-state index contributed by atoms with van der Waals surface area (Å²) >= 11 is 0. The summed E-state index contributed by atoms with van der Waals surface area (Å²) in [6.07, 6.45) is 1.21. The minimum absolute atomic E-state index is 0.000854. The van der Waals surface area contributed by atoms with Gasteiger partial charge in [0, 0.05) is 32.2 Å². The number of fused-ring (bicyclic) bond motifs is 1. The second kappa shape index (κ2) is 7.54. The van der Waals surface area contributed by atoms with Crippen LogP contribution in [0.1, 0.15) is 24.5 Å². The Morgan fingerprint density at radius 1 is 1.11 bits per heavy atom. The molecule has 0 saturated carbocycles. The topological polar surface area (TPSA) is 59.1 Å². The van der Waals surface area contributed by atoms with Gasteiger partial charge in [-0.25, -0.2) is 0 Å². The average molecular weight is 380 g/mol. The first-order chi connectivity index (χ1) is 13.5. The Balaban J connectivity index is 1.41. The zero-order valence-electron chi connectivity index (χ0n) is 16.2. The van der Waals surface area contributed by atoms with E-state index >= 15 is 0 Å². The number of carbonyl (C=O) groups is 2. The molecule has 0 bridgehead atoms. The molecule has 2 aromatic carbocycles. The summed E-state index contributed by atoms with van der Waals surface area (Å²) in [5.74, 6) is 1.09. The second-order valence-corrected chi connectivity index (χ2v) is 7.31. The van der Waals surface area contributed by atoms with Gasteiger partial charge in [-0.1, -0.05) is 25.1 Å². The van der Waals surface area contributed by atoms with Crippen molar-refractivity contribution in [3.05, 3.63) is 53.6 Å². The third kappa shape index (κ3) is 3.54. The monoisotopic (exact) mass is 380 g/mol. The van der Waals surface area contributed by atoms with Gasteiger partial charge in [-0.15, -0.1) is 0 Å². The number of nitrogens with zero attached hydrogens (tertiary/aromatic N) is 2. The van der Waals surface area contributed by atoms with Crippen molar-refractivity contribution in [1.29, 1.82) is 0 Å². The molecule has 1 fully saturated rings. The quantitative estimate of drug-likeness (QED) is 0.800. The number of rotatable bonds is 5. The van der Waals surface area contributed by atoms with Crippen molar-refractivity contribution in [1.82, 2.24) is 4.90 Å². The molecule has 2 heterocycles. The summed E-state index contributed by atoms with van der Waals surface area (Å²) in [7, 11) is 1.77. The van der Waals surface area contributed by atoms with Crippen LogP contribution in [0.3, 0.4) is 0 Å². The van der Waals surface area contributed by atoms with Crippen LogP contribution in [0, 0.1) is 5.92 Å². The Kier molecular flexibility index (Phi) is 4.94. The first-order valence-corrected chi connectivity index (χ1v) is 9.58. The standard InChI is InChI=1S/C22H24N2O4/c1-3-15-4-7-18(8-5-15)24-13-17(11-21(24)25)22(26)23(2)12-16-6-9-19-20(10-16)28-14-27-19/h4-10,17H,3,11-14H2,1-2H3. The zero-order chi connectivity index (χ0) is 19.7. The molecule has 0 radical (unpaired) electrons. The number of aryl methyl sites for hydroxylation is 1. The number of ether oxygens (including phenoxy) is 2. The Bertz CT molecular complexity index is 894. The molecule has 6 nitrogen and oxygen atoms in total. The van der Waals surface area contributed by atoms with E-state index in [1.165, 1.54) is 5.56 Å². The maximum atomic E-state index is 12.9. The van der Waals surface area contributed by atoms with E-state index in [0.717, 1.165) is 23.4 Å². The first kappa shape index (κ1) is 18.3. The molecule has 0 N–H and O–H groups in total. The van der Waals surface area contributed by atoms with Gasteiger partial charge in [0.25, 0.3) is 0 Å². The van der Waals surface area contributed by atoms with E-state index in [-0.39, 0.29) is 30.9 Å². The molecular formula is C22H24N2O4. The number of anilines is 1. The minimum atomic E-state index is -0.322. The second-order valence-electron chi connectivity index (χ2n) is 7.31. The van der Waals surface area contributed by atoms with Crippen LogP contribution in [0.25, 0.3) is 0 Å². The predicted molar refractivity (Wildman–Crippen MR) is 105 cm³/mol. The van der Waals surface area contributed by atoms with Gasteiger partial charge in [0.2, 0.25) is 18.6 Å². The van der Waals surface area contributed by atoms with Gasteiger partial charge < -0.3 is 19.3 Å². The molecule has 28 heavy (non-hydrogen) atoms. The van der Waals surface area contributed by atoms with E-state index in [4.69, 9.17) is 9.47 Å². The summed E-state index contributed by atoms with van der Waals surface area (Å²) in [5, 5.41) is 0. The molecular weight excluding hydrogens is 356 g/mol. The lowest BCUT2D eigenvalue weighted by Crippen LogP contribution is -2.34. The van der Waals surface area contributed by atoms with Crippen LogP contribution in [0.5, 0.6) is 11.5 Å². The van der Waals surface area contributed by atoms with E-state index in [2.05, 4.69) is 6.92 Å². The van der Waals surface area contributed by atoms with Crippen molar-refractivity contribution in [2.24, 2.45) is 5.92 Å². The molecule has 2 aliphatic heterocycles. The average Bonchev–Trinajstić information content (AvgIpc) is 3.33. The fourth-order valence-electron chi connectivity index (χ4n) is 3.74. The molecule has 6 heteroatoms. The van der Waals surface area contributed by atoms with E-state index in [9.17, 15) is 9.59 Å². The molecule has 1 atom stereocenters. The van der Waals surface area contributed by atoms with Gasteiger partial charge in [0.15, 0.2) is 11.5 Å². The molecule has 2 amide bonds. The number of hydrogen-bond acceptors (Lipinski definition) is 4. The summed E-state index contributed by atoms with van der Waals surface area (Å²) in [6.45, 7) is 3.22. The molecule has 146 valence electrons. The fourth-order valence-corrected chi connectivity index (χ4v) is 3.74. The van der Waals surface area contributed by atoms with Crippen LogP contribution in [-0.2, 0) is 22.6 Å². The number of hydrogen-bond donors (Lipinski definition) is 0. The van der Waals surface area contributed by atoms with Gasteiger partial charge in [-0.2, -0.15) is 0 Å². The Morgan fingerprint density at radius 2 is 1.82 bits per heavy atom.